The van der Waals surface area contributed by atoms with E-state index in [2.05, 4.69) is 36.8 Å². The molecule has 1 fully saturated rings. The Hall–Kier alpha value is -0.0900. The molecule has 1 saturated heterocycles. The van der Waals surface area contributed by atoms with Crippen LogP contribution < -0.4 is 4.90 Å². The molecule has 1 nitrogen and oxygen atoms in total. The van der Waals surface area contributed by atoms with Crippen molar-refractivity contribution in [2.24, 2.45) is 0 Å². The molecule has 0 spiro atoms. The average molecular weight is 337 g/mol. The average Bonchev–Trinajstić information content (AvgIpc) is 2.68. The standard InChI is InChI=1S/C11H12Br2FN/c1-7-9(14)6-8(12)11(10(7)13)15-4-2-3-5-15/h6H,2-5H2,1H3. The summed E-state index contributed by atoms with van der Waals surface area (Å²) < 4.78 is 15.1. The van der Waals surface area contributed by atoms with Crippen LogP contribution in [0, 0.1) is 12.7 Å². The van der Waals surface area contributed by atoms with E-state index in [1.54, 1.807) is 13.0 Å². The SMILES string of the molecule is Cc1c(F)cc(Br)c(N2CCCC2)c1Br. The van der Waals surface area contributed by atoms with Crippen LogP contribution in [0.25, 0.3) is 0 Å². The number of benzene rings is 1. The first-order valence-electron chi connectivity index (χ1n) is 5.00. The highest BCUT2D eigenvalue weighted by Gasteiger charge is 2.20. The van der Waals surface area contributed by atoms with Crippen LogP contribution >= 0.6 is 31.9 Å². The van der Waals surface area contributed by atoms with Gasteiger partial charge in [-0.15, -0.1) is 0 Å². The van der Waals surface area contributed by atoms with E-state index < -0.39 is 0 Å². The van der Waals surface area contributed by atoms with Gasteiger partial charge in [0.25, 0.3) is 0 Å². The molecule has 0 bridgehead atoms. The van der Waals surface area contributed by atoms with Gasteiger partial charge < -0.3 is 4.90 Å². The number of nitrogens with zero attached hydrogens (tertiary/aromatic N) is 1. The fourth-order valence-electron chi connectivity index (χ4n) is 1.91. The molecule has 82 valence electrons. The molecule has 0 aliphatic carbocycles. The summed E-state index contributed by atoms with van der Waals surface area (Å²) in [6.07, 6.45) is 2.44. The van der Waals surface area contributed by atoms with E-state index in [-0.39, 0.29) is 5.82 Å². The second kappa shape index (κ2) is 4.42. The van der Waals surface area contributed by atoms with Gasteiger partial charge in [-0.05, 0) is 57.7 Å². The normalized spacial score (nSPS) is 16.1. The fourth-order valence-corrected chi connectivity index (χ4v) is 3.48. The summed E-state index contributed by atoms with van der Waals surface area (Å²) in [5, 5.41) is 0. The fraction of sp³-hybridized carbons (Fsp3) is 0.455. The first-order valence-corrected chi connectivity index (χ1v) is 6.59. The molecule has 1 aliphatic rings. The summed E-state index contributed by atoms with van der Waals surface area (Å²) in [6.45, 7) is 3.91. The van der Waals surface area contributed by atoms with Crippen molar-refractivity contribution in [2.45, 2.75) is 19.8 Å². The minimum absolute atomic E-state index is 0.170. The summed E-state index contributed by atoms with van der Waals surface area (Å²) >= 11 is 6.91. The maximum absolute atomic E-state index is 13.4. The van der Waals surface area contributed by atoms with Gasteiger partial charge in [-0.1, -0.05) is 0 Å². The summed E-state index contributed by atoms with van der Waals surface area (Å²) in [5.41, 5.74) is 1.77. The van der Waals surface area contributed by atoms with Gasteiger partial charge in [0.2, 0.25) is 0 Å². The minimum Gasteiger partial charge on any atom is -0.370 e. The van der Waals surface area contributed by atoms with E-state index in [9.17, 15) is 4.39 Å². The van der Waals surface area contributed by atoms with Crippen LogP contribution in [0.15, 0.2) is 15.0 Å². The highest BCUT2D eigenvalue weighted by Crippen LogP contribution is 2.39. The number of hydrogen-bond acceptors (Lipinski definition) is 1. The second-order valence-corrected chi connectivity index (χ2v) is 5.47. The van der Waals surface area contributed by atoms with Crippen molar-refractivity contribution in [1.29, 1.82) is 0 Å². The van der Waals surface area contributed by atoms with Crippen LogP contribution in [0.3, 0.4) is 0 Å². The molecule has 0 N–H and O–H groups in total. The van der Waals surface area contributed by atoms with Crippen molar-refractivity contribution in [2.75, 3.05) is 18.0 Å². The van der Waals surface area contributed by atoms with Crippen molar-refractivity contribution >= 4 is 37.5 Å². The molecule has 0 aromatic heterocycles. The quantitative estimate of drug-likeness (QED) is 0.740. The Morgan fingerprint density at radius 1 is 1.27 bits per heavy atom. The molecule has 1 aromatic rings. The van der Waals surface area contributed by atoms with Gasteiger partial charge in [0.05, 0.1) is 5.69 Å². The van der Waals surface area contributed by atoms with Crippen molar-refractivity contribution in [3.05, 3.63) is 26.4 Å². The summed E-state index contributed by atoms with van der Waals surface area (Å²) in [6, 6.07) is 1.55. The zero-order valence-electron chi connectivity index (χ0n) is 8.49. The monoisotopic (exact) mass is 335 g/mol. The zero-order valence-corrected chi connectivity index (χ0v) is 11.7. The van der Waals surface area contributed by atoms with Crippen molar-refractivity contribution in [3.8, 4) is 0 Å². The van der Waals surface area contributed by atoms with E-state index in [1.165, 1.54) is 12.8 Å². The summed E-state index contributed by atoms with van der Waals surface area (Å²) in [4.78, 5) is 2.29. The van der Waals surface area contributed by atoms with E-state index in [0.29, 0.717) is 5.56 Å². The number of hydrogen-bond donors (Lipinski definition) is 0. The van der Waals surface area contributed by atoms with Crippen LogP contribution in [0.2, 0.25) is 0 Å². The van der Waals surface area contributed by atoms with Crippen molar-refractivity contribution in [3.63, 3.8) is 0 Å². The van der Waals surface area contributed by atoms with Crippen LogP contribution in [-0.2, 0) is 0 Å². The first kappa shape index (κ1) is 11.4. The molecular formula is C11H12Br2FN. The molecule has 1 aromatic carbocycles. The van der Waals surface area contributed by atoms with Gasteiger partial charge in [-0.3, -0.25) is 0 Å². The largest absolute Gasteiger partial charge is 0.370 e. The van der Waals surface area contributed by atoms with Crippen LogP contribution in [0.5, 0.6) is 0 Å². The first-order chi connectivity index (χ1) is 7.11. The molecule has 0 amide bonds. The van der Waals surface area contributed by atoms with Gasteiger partial charge >= 0.3 is 0 Å². The van der Waals surface area contributed by atoms with Gasteiger partial charge in [-0.2, -0.15) is 0 Å². The molecule has 1 aliphatic heterocycles. The van der Waals surface area contributed by atoms with Crippen molar-refractivity contribution < 1.29 is 4.39 Å². The van der Waals surface area contributed by atoms with Crippen molar-refractivity contribution in [1.82, 2.24) is 0 Å². The number of halogens is 3. The number of anilines is 1. The molecule has 15 heavy (non-hydrogen) atoms. The Labute approximate surface area is 106 Å². The van der Waals surface area contributed by atoms with E-state index >= 15 is 0 Å². The molecule has 0 saturated carbocycles. The maximum atomic E-state index is 13.4. The lowest BCUT2D eigenvalue weighted by Crippen LogP contribution is -2.19. The third kappa shape index (κ3) is 2.07. The Balaban J connectivity index is 2.50. The topological polar surface area (TPSA) is 3.24 Å². The lowest BCUT2D eigenvalue weighted by atomic mass is 10.2. The van der Waals surface area contributed by atoms with Crippen LogP contribution in [0.4, 0.5) is 10.1 Å². The second-order valence-electron chi connectivity index (χ2n) is 3.82. The van der Waals surface area contributed by atoms with Crippen LogP contribution in [0.1, 0.15) is 18.4 Å². The van der Waals surface area contributed by atoms with E-state index in [4.69, 9.17) is 0 Å². The molecule has 2 rings (SSSR count). The molecule has 0 atom stereocenters. The summed E-state index contributed by atoms with van der Waals surface area (Å²) in [5.74, 6) is -0.170. The van der Waals surface area contributed by atoms with Gasteiger partial charge in [0.15, 0.2) is 0 Å². The lowest BCUT2D eigenvalue weighted by molar-refractivity contribution is 0.616. The predicted octanol–water partition coefficient (Wildman–Crippen LogP) is 4.26. The molecule has 4 heteroatoms. The third-order valence-corrected chi connectivity index (χ3v) is 4.37. The lowest BCUT2D eigenvalue weighted by Gasteiger charge is -2.22. The Morgan fingerprint density at radius 3 is 2.47 bits per heavy atom. The van der Waals surface area contributed by atoms with Gasteiger partial charge in [-0.25, -0.2) is 4.39 Å². The van der Waals surface area contributed by atoms with Gasteiger partial charge in [0.1, 0.15) is 5.82 Å². The smallest absolute Gasteiger partial charge is 0.128 e. The Kier molecular flexibility index (Phi) is 3.36. The van der Waals surface area contributed by atoms with Gasteiger partial charge in [0, 0.05) is 27.6 Å². The Bertz CT molecular complexity index is 387. The Morgan fingerprint density at radius 2 is 1.87 bits per heavy atom. The van der Waals surface area contributed by atoms with E-state index in [0.717, 1.165) is 27.7 Å². The molecule has 0 unspecified atom stereocenters. The zero-order chi connectivity index (χ0) is 11.0. The van der Waals surface area contributed by atoms with E-state index in [1.807, 2.05) is 0 Å². The highest BCUT2D eigenvalue weighted by atomic mass is 79.9. The number of rotatable bonds is 1. The van der Waals surface area contributed by atoms with Crippen LogP contribution in [-0.4, -0.2) is 13.1 Å². The third-order valence-electron chi connectivity index (χ3n) is 2.80. The molecule has 0 radical (unpaired) electrons. The predicted molar refractivity (Wildman–Crippen MR) is 68.0 cm³/mol. The maximum Gasteiger partial charge on any atom is 0.128 e. The highest BCUT2D eigenvalue weighted by molar-refractivity contribution is 9.11. The molecule has 1 heterocycles. The molecular weight excluding hydrogens is 325 g/mol. The summed E-state index contributed by atoms with van der Waals surface area (Å²) in [7, 11) is 0. The minimum atomic E-state index is -0.170.